The normalized spacial score (nSPS) is 22.8. The Kier molecular flexibility index (Phi) is 3.12. The molecule has 66 valence electrons. The van der Waals surface area contributed by atoms with Crippen LogP contribution in [0.2, 0.25) is 0 Å². The topological polar surface area (TPSA) is 32.3 Å². The molecule has 3 nitrogen and oxygen atoms in total. The molecule has 3 heteroatoms. The Balaban J connectivity index is 2.57. The molecule has 1 unspecified atom stereocenters. The van der Waals surface area contributed by atoms with Crippen molar-refractivity contribution in [1.82, 2.24) is 10.2 Å². The molecule has 1 heterocycles. The van der Waals surface area contributed by atoms with E-state index >= 15 is 0 Å². The van der Waals surface area contributed by atoms with E-state index in [0.29, 0.717) is 0 Å². The van der Waals surface area contributed by atoms with Crippen LogP contribution >= 0.6 is 0 Å². The summed E-state index contributed by atoms with van der Waals surface area (Å²) >= 11 is 0. The second-order valence-corrected chi connectivity index (χ2v) is 2.93. The third-order valence-corrected chi connectivity index (χ3v) is 1.99. The first kappa shape index (κ1) is 9.08. The Bertz CT molecular complexity index is 226. The fourth-order valence-electron chi connectivity index (χ4n) is 1.32. The Morgan fingerprint density at radius 2 is 2.42 bits per heavy atom. The van der Waals surface area contributed by atoms with E-state index in [1.807, 2.05) is 11.8 Å². The van der Waals surface area contributed by atoms with Crippen LogP contribution in [0.25, 0.3) is 0 Å². The quantitative estimate of drug-likeness (QED) is 0.507. The maximum Gasteiger partial charge on any atom is 0.298 e. The predicted octanol–water partition coefficient (Wildman–Crippen LogP) is -0.170. The number of rotatable bonds is 0. The van der Waals surface area contributed by atoms with Gasteiger partial charge in [-0.15, -0.1) is 0 Å². The average Bonchev–Trinajstić information content (AvgIpc) is 2.05. The Morgan fingerprint density at radius 3 is 3.00 bits per heavy atom. The maximum atomic E-state index is 11.3. The minimum absolute atomic E-state index is 0.0495. The summed E-state index contributed by atoms with van der Waals surface area (Å²) < 4.78 is 0. The zero-order valence-corrected chi connectivity index (χ0v) is 7.55. The minimum Gasteiger partial charge on any atom is -0.327 e. The standard InChI is InChI=1S/C9H14N2O/c1-3-4-9(12)11-6-5-10-7-8(11)2/h8,10H,5-7H2,1-2H3. The second kappa shape index (κ2) is 4.13. The van der Waals surface area contributed by atoms with E-state index in [4.69, 9.17) is 0 Å². The molecule has 1 amide bonds. The highest BCUT2D eigenvalue weighted by Crippen LogP contribution is 2.01. The van der Waals surface area contributed by atoms with Gasteiger partial charge in [0.15, 0.2) is 0 Å². The lowest BCUT2D eigenvalue weighted by Gasteiger charge is -2.32. The second-order valence-electron chi connectivity index (χ2n) is 2.93. The number of carbonyl (C=O) groups excluding carboxylic acids is 1. The SMILES string of the molecule is CC#CC(=O)N1CCNCC1C. The Labute approximate surface area is 73.1 Å². The summed E-state index contributed by atoms with van der Waals surface area (Å²) in [5.41, 5.74) is 0. The van der Waals surface area contributed by atoms with Crippen molar-refractivity contribution in [2.24, 2.45) is 0 Å². The lowest BCUT2D eigenvalue weighted by atomic mass is 10.2. The van der Waals surface area contributed by atoms with Crippen LogP contribution in [-0.4, -0.2) is 36.5 Å². The molecule has 1 aliphatic heterocycles. The zero-order chi connectivity index (χ0) is 8.97. The molecule has 1 aliphatic rings. The molecule has 1 N–H and O–H groups in total. The molecular weight excluding hydrogens is 152 g/mol. The van der Waals surface area contributed by atoms with E-state index in [1.54, 1.807) is 6.92 Å². The fourth-order valence-corrected chi connectivity index (χ4v) is 1.32. The Hall–Kier alpha value is -1.01. The van der Waals surface area contributed by atoms with E-state index in [1.165, 1.54) is 0 Å². The average molecular weight is 166 g/mol. The monoisotopic (exact) mass is 166 g/mol. The summed E-state index contributed by atoms with van der Waals surface area (Å²) in [4.78, 5) is 13.1. The number of hydrogen-bond acceptors (Lipinski definition) is 2. The first-order valence-electron chi connectivity index (χ1n) is 4.19. The van der Waals surface area contributed by atoms with Crippen molar-refractivity contribution >= 4 is 5.91 Å². The summed E-state index contributed by atoms with van der Waals surface area (Å²) in [6.45, 7) is 6.24. The maximum absolute atomic E-state index is 11.3. The van der Waals surface area contributed by atoms with Crippen molar-refractivity contribution in [1.29, 1.82) is 0 Å². The van der Waals surface area contributed by atoms with Gasteiger partial charge < -0.3 is 10.2 Å². The summed E-state index contributed by atoms with van der Waals surface area (Å²) in [6.07, 6.45) is 0. The summed E-state index contributed by atoms with van der Waals surface area (Å²) in [5.74, 6) is 5.13. The number of nitrogens with one attached hydrogen (secondary N) is 1. The Morgan fingerprint density at radius 1 is 1.67 bits per heavy atom. The van der Waals surface area contributed by atoms with E-state index in [0.717, 1.165) is 19.6 Å². The molecule has 0 spiro atoms. The number of amides is 1. The minimum atomic E-state index is -0.0495. The van der Waals surface area contributed by atoms with Crippen LogP contribution in [0.15, 0.2) is 0 Å². The zero-order valence-electron chi connectivity index (χ0n) is 7.55. The first-order valence-corrected chi connectivity index (χ1v) is 4.19. The molecule has 1 rings (SSSR count). The molecule has 0 aliphatic carbocycles. The van der Waals surface area contributed by atoms with Gasteiger partial charge in [-0.05, 0) is 19.8 Å². The fraction of sp³-hybridized carbons (Fsp3) is 0.667. The highest BCUT2D eigenvalue weighted by Gasteiger charge is 2.20. The van der Waals surface area contributed by atoms with Crippen LogP contribution < -0.4 is 5.32 Å². The molecule has 0 aromatic heterocycles. The van der Waals surface area contributed by atoms with Gasteiger partial charge in [0.05, 0.1) is 0 Å². The van der Waals surface area contributed by atoms with Gasteiger partial charge in [0.2, 0.25) is 0 Å². The highest BCUT2D eigenvalue weighted by atomic mass is 16.2. The van der Waals surface area contributed by atoms with Crippen LogP contribution in [-0.2, 0) is 4.79 Å². The van der Waals surface area contributed by atoms with Crippen LogP contribution in [0, 0.1) is 11.8 Å². The van der Waals surface area contributed by atoms with Gasteiger partial charge in [-0.3, -0.25) is 4.79 Å². The molecule has 1 fully saturated rings. The van der Waals surface area contributed by atoms with E-state index in [9.17, 15) is 4.79 Å². The molecular formula is C9H14N2O. The van der Waals surface area contributed by atoms with Gasteiger partial charge in [0, 0.05) is 25.7 Å². The number of hydrogen-bond donors (Lipinski definition) is 1. The molecule has 0 bridgehead atoms. The third kappa shape index (κ3) is 1.99. The van der Waals surface area contributed by atoms with Crippen LogP contribution in [0.4, 0.5) is 0 Å². The van der Waals surface area contributed by atoms with Gasteiger partial charge >= 0.3 is 0 Å². The third-order valence-electron chi connectivity index (χ3n) is 1.99. The van der Waals surface area contributed by atoms with Crippen molar-refractivity contribution in [3.8, 4) is 11.8 Å². The predicted molar refractivity (Wildman–Crippen MR) is 47.5 cm³/mol. The van der Waals surface area contributed by atoms with Crippen molar-refractivity contribution in [2.75, 3.05) is 19.6 Å². The van der Waals surface area contributed by atoms with E-state index in [-0.39, 0.29) is 11.9 Å². The van der Waals surface area contributed by atoms with Crippen LogP contribution in [0.5, 0.6) is 0 Å². The lowest BCUT2D eigenvalue weighted by Crippen LogP contribution is -2.51. The van der Waals surface area contributed by atoms with Gasteiger partial charge in [-0.25, -0.2) is 0 Å². The van der Waals surface area contributed by atoms with Crippen molar-refractivity contribution in [2.45, 2.75) is 19.9 Å². The lowest BCUT2D eigenvalue weighted by molar-refractivity contribution is -0.127. The van der Waals surface area contributed by atoms with Crippen molar-refractivity contribution < 1.29 is 4.79 Å². The first-order chi connectivity index (χ1) is 5.75. The molecule has 0 saturated carbocycles. The summed E-state index contributed by atoms with van der Waals surface area (Å²) in [6, 6.07) is 0.270. The van der Waals surface area contributed by atoms with Gasteiger partial charge in [-0.2, -0.15) is 0 Å². The van der Waals surface area contributed by atoms with Gasteiger partial charge in [-0.1, -0.05) is 5.92 Å². The van der Waals surface area contributed by atoms with Gasteiger partial charge in [0.25, 0.3) is 5.91 Å². The smallest absolute Gasteiger partial charge is 0.298 e. The molecule has 0 aromatic rings. The van der Waals surface area contributed by atoms with Crippen LogP contribution in [0.3, 0.4) is 0 Å². The summed E-state index contributed by atoms with van der Waals surface area (Å²) in [7, 11) is 0. The molecule has 0 radical (unpaired) electrons. The van der Waals surface area contributed by atoms with Crippen molar-refractivity contribution in [3.05, 3.63) is 0 Å². The number of carbonyl (C=O) groups is 1. The van der Waals surface area contributed by atoms with E-state index in [2.05, 4.69) is 17.2 Å². The summed E-state index contributed by atoms with van der Waals surface area (Å²) in [5, 5.41) is 3.22. The molecule has 12 heavy (non-hydrogen) atoms. The molecule has 1 atom stereocenters. The largest absolute Gasteiger partial charge is 0.327 e. The van der Waals surface area contributed by atoms with Crippen molar-refractivity contribution in [3.63, 3.8) is 0 Å². The highest BCUT2D eigenvalue weighted by molar-refractivity contribution is 5.93. The van der Waals surface area contributed by atoms with E-state index < -0.39 is 0 Å². The molecule has 1 saturated heterocycles. The molecule has 0 aromatic carbocycles. The van der Waals surface area contributed by atoms with Crippen LogP contribution in [0.1, 0.15) is 13.8 Å². The number of piperazine rings is 1. The number of nitrogens with zero attached hydrogens (tertiary/aromatic N) is 1. The van der Waals surface area contributed by atoms with Gasteiger partial charge in [0.1, 0.15) is 0 Å².